The molecule has 9 heteroatoms. The first-order valence-corrected chi connectivity index (χ1v) is 10.7. The number of sulfonamides is 1. The van der Waals surface area contributed by atoms with Crippen LogP contribution in [0.15, 0.2) is 29.2 Å². The van der Waals surface area contributed by atoms with Crippen molar-refractivity contribution < 1.29 is 25.8 Å². The van der Waals surface area contributed by atoms with E-state index in [2.05, 4.69) is 41.5 Å². The number of halogens is 3. The molecular formula is C17H26F3NO3S2. The lowest BCUT2D eigenvalue weighted by molar-refractivity contribution is -0.0389. The van der Waals surface area contributed by atoms with Gasteiger partial charge < -0.3 is 0 Å². The molecule has 0 amide bonds. The van der Waals surface area contributed by atoms with Crippen LogP contribution >= 0.6 is 0 Å². The van der Waals surface area contributed by atoms with E-state index in [1.165, 1.54) is 12.1 Å². The highest BCUT2D eigenvalue weighted by atomic mass is 32.3. The molecule has 0 aliphatic rings. The first kappa shape index (κ1) is 23.1. The van der Waals surface area contributed by atoms with E-state index in [-0.39, 0.29) is 21.6 Å². The molecule has 4 nitrogen and oxygen atoms in total. The Morgan fingerprint density at radius 1 is 1.00 bits per heavy atom. The van der Waals surface area contributed by atoms with Gasteiger partial charge in [0.1, 0.15) is 0 Å². The zero-order valence-corrected chi connectivity index (χ0v) is 17.4. The number of rotatable bonds is 5. The van der Waals surface area contributed by atoms with Crippen LogP contribution in [0.4, 0.5) is 13.2 Å². The Hall–Kier alpha value is -0.930. The van der Waals surface area contributed by atoms with Crippen molar-refractivity contribution in [2.45, 2.75) is 64.3 Å². The summed E-state index contributed by atoms with van der Waals surface area (Å²) in [5, 5.41) is 0. The maximum atomic E-state index is 12.3. The molecule has 1 aromatic rings. The van der Waals surface area contributed by atoms with E-state index >= 15 is 0 Å². The summed E-state index contributed by atoms with van der Waals surface area (Å²) in [6, 6.07) is 5.69. The van der Waals surface area contributed by atoms with E-state index < -0.39 is 26.5 Å². The average Bonchev–Trinajstić information content (AvgIpc) is 2.41. The first-order chi connectivity index (χ1) is 11.4. The molecule has 2 atom stereocenters. The van der Waals surface area contributed by atoms with E-state index in [0.29, 0.717) is 0 Å². The molecule has 26 heavy (non-hydrogen) atoms. The Morgan fingerprint density at radius 3 is 1.81 bits per heavy atom. The number of alkyl halides is 3. The van der Waals surface area contributed by atoms with E-state index in [0.717, 1.165) is 16.1 Å². The smallest absolute Gasteiger partial charge is 0.233 e. The van der Waals surface area contributed by atoms with Crippen molar-refractivity contribution in [3.63, 3.8) is 0 Å². The second-order valence-electron chi connectivity index (χ2n) is 8.55. The predicted molar refractivity (Wildman–Crippen MR) is 97.2 cm³/mol. The second kappa shape index (κ2) is 7.59. The van der Waals surface area contributed by atoms with Gasteiger partial charge in [-0.1, -0.05) is 53.7 Å². The number of hydrogen-bond acceptors (Lipinski definition) is 3. The number of hydrogen-bond donors (Lipinski definition) is 1. The summed E-state index contributed by atoms with van der Waals surface area (Å²) in [7, 11) is -8.21. The molecule has 1 N–H and O–H groups in total. The fourth-order valence-electron chi connectivity index (χ4n) is 2.61. The SMILES string of the molecule is CC(C)(C)CC(c1ccc(S(=O)(=O)NS(=O)C(F)(F)F)cc1)C(C)(C)C. The standard InChI is InChI=1S/C17H26F3NO3S2/c1-15(2,3)11-14(16(4,5)6)12-7-9-13(10-8-12)26(23,24)21-25(22)17(18,19)20/h7-10,14,21H,11H2,1-6H3. The van der Waals surface area contributed by atoms with Crippen LogP contribution in [-0.4, -0.2) is 18.1 Å². The van der Waals surface area contributed by atoms with Gasteiger partial charge in [0.2, 0.25) is 11.0 Å². The van der Waals surface area contributed by atoms with Gasteiger partial charge in [0, 0.05) is 0 Å². The molecule has 0 radical (unpaired) electrons. The first-order valence-electron chi connectivity index (χ1n) is 8.04. The Kier molecular flexibility index (Phi) is 6.75. The van der Waals surface area contributed by atoms with Gasteiger partial charge in [0.05, 0.1) is 4.90 Å². The molecule has 1 rings (SSSR count). The molecule has 0 saturated heterocycles. The van der Waals surface area contributed by atoms with Gasteiger partial charge in [0.15, 0.2) is 0 Å². The van der Waals surface area contributed by atoms with Gasteiger partial charge >= 0.3 is 5.51 Å². The summed E-state index contributed by atoms with van der Waals surface area (Å²) >= 11 is 0. The number of benzene rings is 1. The van der Waals surface area contributed by atoms with Crippen LogP contribution in [0, 0.1) is 10.8 Å². The normalized spacial score (nSPS) is 16.3. The van der Waals surface area contributed by atoms with Crippen LogP contribution in [0.3, 0.4) is 0 Å². The van der Waals surface area contributed by atoms with Gasteiger partial charge in [0.25, 0.3) is 10.0 Å². The minimum Gasteiger partial charge on any atom is -0.233 e. The molecular weight excluding hydrogens is 387 g/mol. The van der Waals surface area contributed by atoms with Gasteiger partial charge in [-0.25, -0.2) is 12.6 Å². The van der Waals surface area contributed by atoms with Crippen molar-refractivity contribution in [1.82, 2.24) is 4.13 Å². The van der Waals surface area contributed by atoms with Crippen LogP contribution in [0.25, 0.3) is 0 Å². The minimum absolute atomic E-state index is 0.0495. The molecule has 0 fully saturated rings. The fourth-order valence-corrected chi connectivity index (χ4v) is 4.67. The summed E-state index contributed by atoms with van der Waals surface area (Å²) in [6.45, 7) is 12.6. The molecule has 0 aliphatic heterocycles. The molecule has 0 spiro atoms. The molecule has 0 heterocycles. The van der Waals surface area contributed by atoms with Crippen molar-refractivity contribution >= 4 is 21.0 Å². The zero-order chi connectivity index (χ0) is 20.6. The summed E-state index contributed by atoms with van der Waals surface area (Å²) in [5.41, 5.74) is -4.28. The lowest BCUT2D eigenvalue weighted by atomic mass is 9.69. The van der Waals surface area contributed by atoms with E-state index in [1.54, 1.807) is 12.1 Å². The largest absolute Gasteiger partial charge is 0.486 e. The van der Waals surface area contributed by atoms with Crippen molar-refractivity contribution in [3.8, 4) is 0 Å². The summed E-state index contributed by atoms with van der Waals surface area (Å²) in [6.07, 6.45) is 0.860. The van der Waals surface area contributed by atoms with Crippen molar-refractivity contribution in [2.75, 3.05) is 0 Å². The maximum Gasteiger partial charge on any atom is 0.486 e. The molecule has 150 valence electrons. The van der Waals surface area contributed by atoms with E-state index in [9.17, 15) is 25.8 Å². The quantitative estimate of drug-likeness (QED) is 0.760. The van der Waals surface area contributed by atoms with Gasteiger partial charge in [-0.05, 0) is 40.9 Å². The van der Waals surface area contributed by atoms with Gasteiger partial charge in [-0.2, -0.15) is 13.2 Å². The average molecular weight is 414 g/mol. The summed E-state index contributed by atoms with van der Waals surface area (Å²) < 4.78 is 73.1. The molecule has 0 aliphatic carbocycles. The summed E-state index contributed by atoms with van der Waals surface area (Å²) in [5.74, 6) is 0.136. The predicted octanol–water partition coefficient (Wildman–Crippen LogP) is 4.71. The van der Waals surface area contributed by atoms with Crippen molar-refractivity contribution in [2.24, 2.45) is 10.8 Å². The van der Waals surface area contributed by atoms with E-state index in [1.807, 2.05) is 0 Å². The maximum absolute atomic E-state index is 12.3. The van der Waals surface area contributed by atoms with Gasteiger partial charge in [-0.15, -0.1) is 4.13 Å². The molecule has 1 aromatic carbocycles. The molecule has 0 saturated carbocycles. The Labute approximate surface area is 156 Å². The highest BCUT2D eigenvalue weighted by Gasteiger charge is 2.40. The highest BCUT2D eigenvalue weighted by molar-refractivity contribution is 8.02. The van der Waals surface area contributed by atoms with Crippen LogP contribution in [0.5, 0.6) is 0 Å². The number of nitrogens with one attached hydrogen (secondary N) is 1. The second-order valence-corrected chi connectivity index (χ2v) is 11.7. The lowest BCUT2D eigenvalue weighted by Crippen LogP contribution is -2.34. The van der Waals surface area contributed by atoms with Crippen LogP contribution in [-0.2, 0) is 21.0 Å². The molecule has 2 unspecified atom stereocenters. The van der Waals surface area contributed by atoms with Crippen LogP contribution < -0.4 is 4.13 Å². The van der Waals surface area contributed by atoms with E-state index in [4.69, 9.17) is 0 Å². The Bertz CT molecular complexity index is 743. The van der Waals surface area contributed by atoms with Crippen molar-refractivity contribution in [1.29, 1.82) is 0 Å². The third kappa shape index (κ3) is 6.66. The molecule has 0 bridgehead atoms. The lowest BCUT2D eigenvalue weighted by Gasteiger charge is -2.36. The topological polar surface area (TPSA) is 63.2 Å². The molecule has 0 aromatic heterocycles. The highest BCUT2D eigenvalue weighted by Crippen LogP contribution is 2.43. The van der Waals surface area contributed by atoms with Crippen molar-refractivity contribution in [3.05, 3.63) is 29.8 Å². The van der Waals surface area contributed by atoms with Gasteiger partial charge in [-0.3, -0.25) is 0 Å². The third-order valence-electron chi connectivity index (χ3n) is 3.85. The third-order valence-corrected chi connectivity index (χ3v) is 6.65. The minimum atomic E-state index is -5.16. The zero-order valence-electron chi connectivity index (χ0n) is 15.8. The summed E-state index contributed by atoms with van der Waals surface area (Å²) in [4.78, 5) is -0.359. The Balaban J connectivity index is 3.15. The monoisotopic (exact) mass is 413 g/mol. The van der Waals surface area contributed by atoms with Crippen LogP contribution in [0.2, 0.25) is 0 Å². The fraction of sp³-hybridized carbons (Fsp3) is 0.647. The Morgan fingerprint density at radius 2 is 1.46 bits per heavy atom. The van der Waals surface area contributed by atoms with Crippen LogP contribution in [0.1, 0.15) is 59.4 Å².